The summed E-state index contributed by atoms with van der Waals surface area (Å²) in [7, 11) is -2.70. The first-order valence-electron chi connectivity index (χ1n) is 8.45. The number of ether oxygens (including phenoxy) is 1. The lowest BCUT2D eigenvalue weighted by Gasteiger charge is -2.22. The minimum absolute atomic E-state index is 0.00791. The van der Waals surface area contributed by atoms with E-state index in [1.807, 2.05) is 0 Å². The molecule has 1 saturated carbocycles. The number of rotatable bonds is 8. The highest BCUT2D eigenvalue weighted by Crippen LogP contribution is 2.29. The molecule has 0 spiro atoms. The van der Waals surface area contributed by atoms with Crippen molar-refractivity contribution >= 4 is 21.6 Å². The first-order valence-corrected chi connectivity index (χ1v) is 9.93. The largest absolute Gasteiger partial charge is 0.490 e. The number of nitrogens with one attached hydrogen (secondary N) is 2. The van der Waals surface area contributed by atoms with Gasteiger partial charge in [0.2, 0.25) is 15.9 Å². The Bertz CT molecular complexity index is 759. The molecule has 0 aliphatic heterocycles. The zero-order valence-electron chi connectivity index (χ0n) is 14.6. The number of hydrogen-bond acceptors (Lipinski definition) is 6. The molecule has 1 amide bonds. The molecule has 0 saturated heterocycles. The lowest BCUT2D eigenvalue weighted by Crippen LogP contribution is -2.38. The Hall–Kier alpha value is -2.20. The van der Waals surface area contributed by atoms with Crippen LogP contribution in [-0.4, -0.2) is 38.9 Å². The molecule has 0 unspecified atom stereocenters. The van der Waals surface area contributed by atoms with E-state index >= 15 is 0 Å². The van der Waals surface area contributed by atoms with Crippen LogP contribution in [0.5, 0.6) is 5.75 Å². The Balaban J connectivity index is 1.93. The van der Waals surface area contributed by atoms with Crippen molar-refractivity contribution in [2.45, 2.75) is 49.5 Å². The number of carbonyl (C=O) groups excluding carboxylic acids is 1. The molecule has 1 aromatic carbocycles. The van der Waals surface area contributed by atoms with Crippen LogP contribution < -0.4 is 14.8 Å². The fraction of sp³-hybridized carbons (Fsp3) is 0.562. The minimum atomic E-state index is -3.96. The molecule has 10 heteroatoms. The van der Waals surface area contributed by atoms with Crippen LogP contribution in [0.3, 0.4) is 0 Å². The summed E-state index contributed by atoms with van der Waals surface area (Å²) < 4.78 is 31.7. The van der Waals surface area contributed by atoms with Gasteiger partial charge in [0.25, 0.3) is 0 Å². The van der Waals surface area contributed by atoms with Crippen molar-refractivity contribution in [2.24, 2.45) is 0 Å². The van der Waals surface area contributed by atoms with Crippen molar-refractivity contribution in [3.8, 4) is 5.75 Å². The molecule has 0 atom stereocenters. The Morgan fingerprint density at radius 2 is 2.00 bits per heavy atom. The second-order valence-electron chi connectivity index (χ2n) is 6.14. The number of hydrogen-bond donors (Lipinski definition) is 2. The number of nitro benzene ring substituents is 1. The van der Waals surface area contributed by atoms with Crippen LogP contribution in [0.4, 0.5) is 5.69 Å². The molecule has 2 N–H and O–H groups in total. The minimum Gasteiger partial charge on any atom is -0.490 e. The zero-order valence-corrected chi connectivity index (χ0v) is 15.4. The predicted molar refractivity (Wildman–Crippen MR) is 94.5 cm³/mol. The van der Waals surface area contributed by atoms with Gasteiger partial charge in [0.05, 0.1) is 16.9 Å². The second kappa shape index (κ2) is 8.95. The Labute approximate surface area is 152 Å². The number of nitro groups is 1. The lowest BCUT2D eigenvalue weighted by molar-refractivity contribution is -0.386. The fourth-order valence-electron chi connectivity index (χ4n) is 2.91. The number of amides is 1. The number of carbonyl (C=O) groups is 1. The molecule has 0 radical (unpaired) electrons. The van der Waals surface area contributed by atoms with Crippen molar-refractivity contribution in [1.29, 1.82) is 0 Å². The van der Waals surface area contributed by atoms with Crippen LogP contribution in [0.15, 0.2) is 23.1 Å². The zero-order chi connectivity index (χ0) is 19.2. The van der Waals surface area contributed by atoms with Gasteiger partial charge in [-0.25, -0.2) is 13.1 Å². The average molecular weight is 385 g/mol. The molecule has 1 aliphatic carbocycles. The van der Waals surface area contributed by atoms with Gasteiger partial charge in [-0.3, -0.25) is 14.9 Å². The second-order valence-corrected chi connectivity index (χ2v) is 7.91. The van der Waals surface area contributed by atoms with E-state index < -0.39 is 20.6 Å². The molecule has 0 bridgehead atoms. The summed E-state index contributed by atoms with van der Waals surface area (Å²) in [4.78, 5) is 22.0. The van der Waals surface area contributed by atoms with Crippen molar-refractivity contribution in [2.75, 3.05) is 13.7 Å². The highest BCUT2D eigenvalue weighted by molar-refractivity contribution is 7.89. The third kappa shape index (κ3) is 5.40. The van der Waals surface area contributed by atoms with Gasteiger partial charge in [0.15, 0.2) is 5.75 Å². The lowest BCUT2D eigenvalue weighted by atomic mass is 9.95. The van der Waals surface area contributed by atoms with E-state index in [0.717, 1.165) is 31.7 Å². The van der Waals surface area contributed by atoms with Crippen LogP contribution in [0, 0.1) is 10.1 Å². The molecule has 2 rings (SSSR count). The molecule has 9 nitrogen and oxygen atoms in total. The van der Waals surface area contributed by atoms with E-state index in [-0.39, 0.29) is 35.6 Å². The highest BCUT2D eigenvalue weighted by atomic mass is 32.2. The van der Waals surface area contributed by atoms with Crippen LogP contribution in [-0.2, 0) is 14.8 Å². The predicted octanol–water partition coefficient (Wildman–Crippen LogP) is 1.72. The van der Waals surface area contributed by atoms with Crippen molar-refractivity contribution in [1.82, 2.24) is 10.0 Å². The summed E-state index contributed by atoms with van der Waals surface area (Å²) in [6, 6.07) is 3.54. The summed E-state index contributed by atoms with van der Waals surface area (Å²) >= 11 is 0. The van der Waals surface area contributed by atoms with E-state index in [1.165, 1.54) is 25.7 Å². The van der Waals surface area contributed by atoms with Crippen LogP contribution >= 0.6 is 0 Å². The molecule has 1 aromatic rings. The molecule has 1 aliphatic rings. The third-order valence-corrected chi connectivity index (χ3v) is 5.73. The molecule has 0 heterocycles. The maximum atomic E-state index is 12.3. The fourth-order valence-corrected chi connectivity index (χ4v) is 3.96. The first-order chi connectivity index (χ1) is 12.3. The van der Waals surface area contributed by atoms with E-state index in [1.54, 1.807) is 0 Å². The highest BCUT2D eigenvalue weighted by Gasteiger charge is 2.22. The van der Waals surface area contributed by atoms with Gasteiger partial charge in [0, 0.05) is 25.1 Å². The Morgan fingerprint density at radius 1 is 1.31 bits per heavy atom. The quantitative estimate of drug-likeness (QED) is 0.518. The summed E-state index contributed by atoms with van der Waals surface area (Å²) in [5, 5.41) is 13.9. The molecule has 26 heavy (non-hydrogen) atoms. The Kier molecular flexibility index (Phi) is 6.92. The molecular formula is C16H23N3O6S. The summed E-state index contributed by atoms with van der Waals surface area (Å²) in [6.45, 7) is -0.0826. The molecule has 0 aromatic heterocycles. The number of sulfonamides is 1. The molecule has 1 fully saturated rings. The maximum absolute atomic E-state index is 12.3. The summed E-state index contributed by atoms with van der Waals surface area (Å²) in [5.41, 5.74) is -0.439. The van der Waals surface area contributed by atoms with E-state index in [9.17, 15) is 23.3 Å². The molecular weight excluding hydrogens is 362 g/mol. The molecule has 144 valence electrons. The van der Waals surface area contributed by atoms with Gasteiger partial charge in [-0.15, -0.1) is 0 Å². The van der Waals surface area contributed by atoms with Crippen LogP contribution in [0.1, 0.15) is 38.5 Å². The standard InChI is InChI=1S/C16H23N3O6S/c1-25-15-8-7-13(11-14(15)19(21)22)26(23,24)17-10-9-16(20)18-12-5-3-2-4-6-12/h7-8,11-12,17H,2-6,9-10H2,1H3,(H,18,20). The first kappa shape index (κ1) is 20.1. The van der Waals surface area contributed by atoms with Gasteiger partial charge in [-0.1, -0.05) is 19.3 Å². The maximum Gasteiger partial charge on any atom is 0.312 e. The van der Waals surface area contributed by atoms with Crippen molar-refractivity contribution < 1.29 is 22.9 Å². The van der Waals surface area contributed by atoms with Gasteiger partial charge < -0.3 is 10.1 Å². The normalized spacial score (nSPS) is 15.4. The van der Waals surface area contributed by atoms with Crippen LogP contribution in [0.25, 0.3) is 0 Å². The topological polar surface area (TPSA) is 128 Å². The SMILES string of the molecule is COc1ccc(S(=O)(=O)NCCC(=O)NC2CCCCC2)cc1[N+](=O)[O-]. The van der Waals surface area contributed by atoms with E-state index in [0.29, 0.717) is 0 Å². The number of nitrogens with zero attached hydrogens (tertiary/aromatic N) is 1. The van der Waals surface area contributed by atoms with Crippen molar-refractivity contribution in [3.63, 3.8) is 0 Å². The van der Waals surface area contributed by atoms with E-state index in [2.05, 4.69) is 10.0 Å². The van der Waals surface area contributed by atoms with E-state index in [4.69, 9.17) is 4.74 Å². The average Bonchev–Trinajstić information content (AvgIpc) is 2.61. The number of benzene rings is 1. The smallest absolute Gasteiger partial charge is 0.312 e. The summed E-state index contributed by atoms with van der Waals surface area (Å²) in [6.07, 6.45) is 5.27. The van der Waals surface area contributed by atoms with Gasteiger partial charge in [0.1, 0.15) is 0 Å². The number of methoxy groups -OCH3 is 1. The van der Waals surface area contributed by atoms with Crippen molar-refractivity contribution in [3.05, 3.63) is 28.3 Å². The summed E-state index contributed by atoms with van der Waals surface area (Å²) in [5.74, 6) is -0.235. The van der Waals surface area contributed by atoms with Crippen LogP contribution in [0.2, 0.25) is 0 Å². The monoisotopic (exact) mass is 385 g/mol. The van der Waals surface area contributed by atoms with Gasteiger partial charge in [-0.05, 0) is 25.0 Å². The third-order valence-electron chi connectivity index (χ3n) is 4.27. The van der Waals surface area contributed by atoms with Gasteiger partial charge >= 0.3 is 5.69 Å². The van der Waals surface area contributed by atoms with Gasteiger partial charge in [-0.2, -0.15) is 0 Å². The Morgan fingerprint density at radius 3 is 2.62 bits per heavy atom.